The highest BCUT2D eigenvalue weighted by Crippen LogP contribution is 2.41. The van der Waals surface area contributed by atoms with Crippen molar-refractivity contribution >= 4 is 11.6 Å². The molecule has 0 bridgehead atoms. The van der Waals surface area contributed by atoms with Crippen LogP contribution in [-0.2, 0) is 4.79 Å². The molecular formula is C17H22N2O. The summed E-state index contributed by atoms with van der Waals surface area (Å²) in [5.74, 6) is 0.186. The molecule has 0 saturated heterocycles. The highest BCUT2D eigenvalue weighted by atomic mass is 16.2. The van der Waals surface area contributed by atoms with E-state index in [0.717, 1.165) is 19.3 Å². The average Bonchev–Trinajstić information content (AvgIpc) is 2.45. The van der Waals surface area contributed by atoms with Crippen LogP contribution in [0.3, 0.4) is 0 Å². The average molecular weight is 270 g/mol. The van der Waals surface area contributed by atoms with E-state index in [1.165, 1.54) is 6.42 Å². The first-order chi connectivity index (χ1) is 9.47. The monoisotopic (exact) mass is 270 g/mol. The lowest BCUT2D eigenvalue weighted by Crippen LogP contribution is -2.42. The summed E-state index contributed by atoms with van der Waals surface area (Å²) in [5, 5.41) is 9.17. The van der Waals surface area contributed by atoms with Crippen molar-refractivity contribution in [3.05, 3.63) is 29.8 Å². The van der Waals surface area contributed by atoms with Gasteiger partial charge < -0.3 is 4.90 Å². The first kappa shape index (κ1) is 14.6. The van der Waals surface area contributed by atoms with Gasteiger partial charge in [-0.05, 0) is 30.4 Å². The third-order valence-electron chi connectivity index (χ3n) is 4.52. The minimum atomic E-state index is 0.0468. The Labute approximate surface area is 121 Å². The number of amides is 1. The number of benzene rings is 1. The second-order valence-corrected chi connectivity index (χ2v) is 6.31. The molecule has 1 aromatic carbocycles. The lowest BCUT2D eigenvalue weighted by molar-refractivity contribution is -0.127. The maximum absolute atomic E-state index is 12.8. The zero-order valence-electron chi connectivity index (χ0n) is 12.5. The Morgan fingerprint density at radius 3 is 2.70 bits per heavy atom. The molecule has 1 amide bonds. The van der Waals surface area contributed by atoms with Gasteiger partial charge in [-0.3, -0.25) is 4.79 Å². The molecule has 1 aromatic rings. The Balaban J connectivity index is 2.27. The van der Waals surface area contributed by atoms with Crippen molar-refractivity contribution in [2.24, 2.45) is 11.3 Å². The summed E-state index contributed by atoms with van der Waals surface area (Å²) in [6.45, 7) is 4.36. The number of anilines is 1. The Morgan fingerprint density at radius 1 is 1.35 bits per heavy atom. The summed E-state index contributed by atoms with van der Waals surface area (Å²) in [6.07, 6.45) is 4.37. The third kappa shape index (κ3) is 2.70. The van der Waals surface area contributed by atoms with E-state index in [2.05, 4.69) is 19.9 Å². The Kier molecular flexibility index (Phi) is 4.13. The molecular weight excluding hydrogens is 248 g/mol. The minimum absolute atomic E-state index is 0.0468. The zero-order chi connectivity index (χ0) is 14.8. The molecule has 1 saturated carbocycles. The van der Waals surface area contributed by atoms with E-state index in [-0.39, 0.29) is 17.2 Å². The van der Waals surface area contributed by atoms with Crippen LogP contribution in [0.15, 0.2) is 24.3 Å². The van der Waals surface area contributed by atoms with E-state index in [4.69, 9.17) is 0 Å². The number of hydrogen-bond donors (Lipinski definition) is 0. The number of rotatable bonds is 2. The van der Waals surface area contributed by atoms with Gasteiger partial charge in [0.25, 0.3) is 0 Å². The van der Waals surface area contributed by atoms with Gasteiger partial charge in [0, 0.05) is 13.0 Å². The van der Waals surface area contributed by atoms with Crippen LogP contribution < -0.4 is 4.90 Å². The van der Waals surface area contributed by atoms with Gasteiger partial charge in [-0.2, -0.15) is 5.26 Å². The Bertz CT molecular complexity index is 542. The van der Waals surface area contributed by atoms with E-state index < -0.39 is 0 Å². The zero-order valence-corrected chi connectivity index (χ0v) is 12.5. The Morgan fingerprint density at radius 2 is 2.05 bits per heavy atom. The molecule has 0 aliphatic heterocycles. The topological polar surface area (TPSA) is 44.1 Å². The fourth-order valence-corrected chi connectivity index (χ4v) is 3.16. The standard InChI is InChI=1S/C17H22N2O/c1-17(2)11-7-6-9-14(17)16(20)19(3)15-10-5-4-8-13(15)12-18/h4-5,8,10,14H,6-7,9,11H2,1-3H3. The Hall–Kier alpha value is -1.82. The van der Waals surface area contributed by atoms with Crippen LogP contribution in [0.5, 0.6) is 0 Å². The molecule has 1 unspecified atom stereocenters. The van der Waals surface area contributed by atoms with Crippen LogP contribution in [0.2, 0.25) is 0 Å². The number of nitriles is 1. The summed E-state index contributed by atoms with van der Waals surface area (Å²) in [5.41, 5.74) is 1.31. The molecule has 3 nitrogen and oxygen atoms in total. The summed E-state index contributed by atoms with van der Waals surface area (Å²) in [7, 11) is 1.78. The van der Waals surface area contributed by atoms with Crippen molar-refractivity contribution in [1.29, 1.82) is 5.26 Å². The quantitative estimate of drug-likeness (QED) is 0.821. The SMILES string of the molecule is CN(C(=O)C1CCCCC1(C)C)c1ccccc1C#N. The molecule has 3 heteroatoms. The second kappa shape index (κ2) is 5.66. The number of para-hydroxylation sites is 1. The van der Waals surface area contributed by atoms with Crippen LogP contribution in [0.4, 0.5) is 5.69 Å². The lowest BCUT2D eigenvalue weighted by Gasteiger charge is -2.39. The molecule has 1 aliphatic rings. The highest BCUT2D eigenvalue weighted by molar-refractivity contribution is 5.96. The normalized spacial score (nSPS) is 21.0. The van der Waals surface area contributed by atoms with Crippen molar-refractivity contribution in [3.8, 4) is 6.07 Å². The molecule has 0 spiro atoms. The summed E-state index contributed by atoms with van der Waals surface area (Å²) >= 11 is 0. The van der Waals surface area contributed by atoms with Crippen LogP contribution in [0.25, 0.3) is 0 Å². The predicted octanol–water partition coefficient (Wildman–Crippen LogP) is 3.74. The molecule has 106 valence electrons. The fourth-order valence-electron chi connectivity index (χ4n) is 3.16. The van der Waals surface area contributed by atoms with Crippen molar-refractivity contribution in [1.82, 2.24) is 0 Å². The summed E-state index contributed by atoms with van der Waals surface area (Å²) in [4.78, 5) is 14.5. The van der Waals surface area contributed by atoms with Gasteiger partial charge in [0.15, 0.2) is 0 Å². The van der Waals surface area contributed by atoms with Crippen LogP contribution in [0.1, 0.15) is 45.1 Å². The van der Waals surface area contributed by atoms with Crippen LogP contribution in [0, 0.1) is 22.7 Å². The van der Waals surface area contributed by atoms with Gasteiger partial charge in [0.05, 0.1) is 11.3 Å². The largest absolute Gasteiger partial charge is 0.314 e. The van der Waals surface area contributed by atoms with Crippen molar-refractivity contribution < 1.29 is 4.79 Å². The minimum Gasteiger partial charge on any atom is -0.314 e. The molecule has 20 heavy (non-hydrogen) atoms. The van der Waals surface area contributed by atoms with Crippen molar-refractivity contribution in [2.75, 3.05) is 11.9 Å². The smallest absolute Gasteiger partial charge is 0.230 e. The molecule has 0 heterocycles. The van der Waals surface area contributed by atoms with Crippen LogP contribution >= 0.6 is 0 Å². The van der Waals surface area contributed by atoms with Gasteiger partial charge in [0.1, 0.15) is 6.07 Å². The van der Waals surface area contributed by atoms with E-state index in [1.54, 1.807) is 18.0 Å². The van der Waals surface area contributed by atoms with Gasteiger partial charge in [0.2, 0.25) is 5.91 Å². The van der Waals surface area contributed by atoms with Crippen molar-refractivity contribution in [2.45, 2.75) is 39.5 Å². The van der Waals surface area contributed by atoms with Gasteiger partial charge in [-0.15, -0.1) is 0 Å². The molecule has 1 aliphatic carbocycles. The third-order valence-corrected chi connectivity index (χ3v) is 4.52. The van der Waals surface area contributed by atoms with E-state index in [0.29, 0.717) is 11.3 Å². The van der Waals surface area contributed by atoms with Crippen LogP contribution in [-0.4, -0.2) is 13.0 Å². The highest BCUT2D eigenvalue weighted by Gasteiger charge is 2.38. The summed E-state index contributed by atoms with van der Waals surface area (Å²) < 4.78 is 0. The van der Waals surface area contributed by atoms with Gasteiger partial charge in [-0.25, -0.2) is 0 Å². The molecule has 0 aromatic heterocycles. The second-order valence-electron chi connectivity index (χ2n) is 6.31. The number of nitrogens with zero attached hydrogens (tertiary/aromatic N) is 2. The number of carbonyl (C=O) groups is 1. The maximum Gasteiger partial charge on any atom is 0.230 e. The molecule has 2 rings (SSSR count). The van der Waals surface area contributed by atoms with E-state index >= 15 is 0 Å². The summed E-state index contributed by atoms with van der Waals surface area (Å²) in [6, 6.07) is 9.45. The fraction of sp³-hybridized carbons (Fsp3) is 0.529. The van der Waals surface area contributed by atoms with Gasteiger partial charge in [-0.1, -0.05) is 38.8 Å². The van der Waals surface area contributed by atoms with E-state index in [1.807, 2.05) is 18.2 Å². The maximum atomic E-state index is 12.8. The molecule has 0 radical (unpaired) electrons. The predicted molar refractivity (Wildman–Crippen MR) is 80.3 cm³/mol. The lowest BCUT2D eigenvalue weighted by atomic mass is 9.68. The molecule has 0 N–H and O–H groups in total. The molecule has 1 atom stereocenters. The number of hydrogen-bond acceptors (Lipinski definition) is 2. The van der Waals surface area contributed by atoms with Gasteiger partial charge >= 0.3 is 0 Å². The molecule has 1 fully saturated rings. The first-order valence-electron chi connectivity index (χ1n) is 7.24. The van der Waals surface area contributed by atoms with E-state index in [9.17, 15) is 10.1 Å². The first-order valence-corrected chi connectivity index (χ1v) is 7.24. The van der Waals surface area contributed by atoms with Crippen molar-refractivity contribution in [3.63, 3.8) is 0 Å². The number of carbonyl (C=O) groups excluding carboxylic acids is 1.